The average Bonchev–Trinajstić information content (AvgIpc) is 2.70. The third-order valence-corrected chi connectivity index (χ3v) is 5.05. The Morgan fingerprint density at radius 3 is 2.27 bits per heavy atom. The molecule has 0 bridgehead atoms. The van der Waals surface area contributed by atoms with Gasteiger partial charge in [0.1, 0.15) is 18.7 Å². The predicted octanol–water partition coefficient (Wildman–Crippen LogP) is 3.35. The van der Waals surface area contributed by atoms with Gasteiger partial charge in [0.15, 0.2) is 0 Å². The van der Waals surface area contributed by atoms with Crippen LogP contribution in [0.25, 0.3) is 0 Å². The van der Waals surface area contributed by atoms with Crippen LogP contribution in [0, 0.1) is 9.49 Å². The van der Waals surface area contributed by atoms with Crippen molar-refractivity contribution in [1.82, 2.24) is 10.6 Å². The number of alkyl carbamates (subject to hydrolysis) is 1. The van der Waals surface area contributed by atoms with E-state index in [0.29, 0.717) is 0 Å². The summed E-state index contributed by atoms with van der Waals surface area (Å²) in [5, 5.41) is 14.6. The fourth-order valence-electron chi connectivity index (χ4n) is 2.79. The summed E-state index contributed by atoms with van der Waals surface area (Å²) in [6.07, 6.45) is -0.599. The molecule has 0 unspecified atom stereocenters. The van der Waals surface area contributed by atoms with E-state index in [1.165, 1.54) is 0 Å². The van der Waals surface area contributed by atoms with Crippen molar-refractivity contribution in [1.29, 1.82) is 0 Å². The molecule has 30 heavy (non-hydrogen) atoms. The van der Waals surface area contributed by atoms with Crippen LogP contribution in [0.4, 0.5) is 4.79 Å². The Morgan fingerprint density at radius 2 is 1.67 bits per heavy atom. The molecule has 0 aliphatic rings. The molecule has 0 radical (unpaired) electrons. The van der Waals surface area contributed by atoms with Gasteiger partial charge >= 0.3 is 12.1 Å². The minimum atomic E-state index is -1.14. The van der Waals surface area contributed by atoms with Gasteiger partial charge in [-0.25, -0.2) is 9.59 Å². The van der Waals surface area contributed by atoms with Gasteiger partial charge in [0.05, 0.1) is 0 Å². The Kier molecular flexibility index (Phi) is 9.10. The summed E-state index contributed by atoms with van der Waals surface area (Å²) < 4.78 is 6.15. The summed E-state index contributed by atoms with van der Waals surface area (Å²) in [6.45, 7) is 3.59. The van der Waals surface area contributed by atoms with Crippen molar-refractivity contribution < 1.29 is 24.2 Å². The summed E-state index contributed by atoms with van der Waals surface area (Å²) in [7, 11) is 0. The van der Waals surface area contributed by atoms with Crippen LogP contribution in [0.15, 0.2) is 54.6 Å². The molecule has 0 heterocycles. The number of carbonyl (C=O) groups excluding carboxylic acids is 2. The van der Waals surface area contributed by atoms with Crippen LogP contribution >= 0.6 is 22.6 Å². The largest absolute Gasteiger partial charge is 0.480 e. The Morgan fingerprint density at radius 1 is 1.00 bits per heavy atom. The zero-order chi connectivity index (χ0) is 22.1. The smallest absolute Gasteiger partial charge is 0.408 e. The number of carboxylic acid groups (broad SMARTS) is 1. The molecule has 0 aromatic heterocycles. The van der Waals surface area contributed by atoms with Crippen LogP contribution in [0.2, 0.25) is 0 Å². The summed E-state index contributed by atoms with van der Waals surface area (Å²) >= 11 is 2.14. The highest BCUT2D eigenvalue weighted by Crippen LogP contribution is 2.11. The Balaban J connectivity index is 1.98. The maximum Gasteiger partial charge on any atom is 0.408 e. The lowest BCUT2D eigenvalue weighted by atomic mass is 10.0. The Bertz CT molecular complexity index is 873. The summed E-state index contributed by atoms with van der Waals surface area (Å²) in [6, 6.07) is 14.5. The third kappa shape index (κ3) is 7.66. The minimum absolute atomic E-state index is 0.0729. The number of hydrogen-bond acceptors (Lipinski definition) is 4. The van der Waals surface area contributed by atoms with Gasteiger partial charge in [-0.1, -0.05) is 56.3 Å². The molecule has 0 fully saturated rings. The van der Waals surface area contributed by atoms with Crippen molar-refractivity contribution in [3.05, 3.63) is 69.3 Å². The number of rotatable bonds is 9. The van der Waals surface area contributed by atoms with Crippen LogP contribution in [0.3, 0.4) is 0 Å². The lowest BCUT2D eigenvalue weighted by molar-refractivity contribution is -0.142. The molecular weight excluding hydrogens is 499 g/mol. The predicted molar refractivity (Wildman–Crippen MR) is 121 cm³/mol. The molecule has 0 spiro atoms. The quantitative estimate of drug-likeness (QED) is 0.437. The van der Waals surface area contributed by atoms with E-state index >= 15 is 0 Å². The number of amides is 2. The fraction of sp³-hybridized carbons (Fsp3) is 0.318. The normalized spacial score (nSPS) is 12.7. The van der Waals surface area contributed by atoms with Crippen molar-refractivity contribution in [2.75, 3.05) is 0 Å². The molecule has 0 saturated carbocycles. The van der Waals surface area contributed by atoms with Gasteiger partial charge in [-0.05, 0) is 51.8 Å². The van der Waals surface area contributed by atoms with Crippen LogP contribution in [-0.4, -0.2) is 35.2 Å². The summed E-state index contributed by atoms with van der Waals surface area (Å²) in [5.41, 5.74) is 1.62. The molecule has 8 heteroatoms. The molecule has 3 N–H and O–H groups in total. The molecule has 2 rings (SSSR count). The first-order chi connectivity index (χ1) is 14.3. The maximum absolute atomic E-state index is 12.7. The maximum atomic E-state index is 12.7. The number of aliphatic carboxylic acids is 1. The highest BCUT2D eigenvalue weighted by atomic mass is 127. The standard InChI is InChI=1S/C22H25IN2O5/c1-14(2)19(25-22(29)30-13-15-7-4-3-5-8-15)20(26)24-18(21(27)28)12-16-9-6-10-17(23)11-16/h3-11,14,18-19H,12-13H2,1-2H3,(H,24,26)(H,25,29)(H,27,28)/t18-,19+/m1/s1. The molecular formula is C22H25IN2O5. The minimum Gasteiger partial charge on any atom is -0.480 e. The fourth-order valence-corrected chi connectivity index (χ4v) is 3.40. The van der Waals surface area contributed by atoms with Gasteiger partial charge in [-0.3, -0.25) is 4.79 Å². The van der Waals surface area contributed by atoms with Crippen molar-refractivity contribution in [3.8, 4) is 0 Å². The molecule has 0 aliphatic heterocycles. The second-order valence-electron chi connectivity index (χ2n) is 7.16. The van der Waals surface area contributed by atoms with Gasteiger partial charge in [0.2, 0.25) is 5.91 Å². The van der Waals surface area contributed by atoms with E-state index in [1.54, 1.807) is 13.8 Å². The number of halogens is 1. The molecule has 0 aliphatic carbocycles. The molecule has 160 valence electrons. The molecule has 2 amide bonds. The van der Waals surface area contributed by atoms with Crippen molar-refractivity contribution in [2.24, 2.45) is 5.92 Å². The van der Waals surface area contributed by atoms with E-state index in [2.05, 4.69) is 33.2 Å². The number of benzene rings is 2. The first-order valence-electron chi connectivity index (χ1n) is 9.51. The highest BCUT2D eigenvalue weighted by molar-refractivity contribution is 14.1. The lowest BCUT2D eigenvalue weighted by Crippen LogP contribution is -2.54. The second kappa shape index (κ2) is 11.5. The first-order valence-corrected chi connectivity index (χ1v) is 10.6. The average molecular weight is 524 g/mol. The number of carbonyl (C=O) groups is 3. The second-order valence-corrected chi connectivity index (χ2v) is 8.41. The molecule has 0 saturated heterocycles. The van der Waals surface area contributed by atoms with Gasteiger partial charge in [-0.15, -0.1) is 0 Å². The Hall–Kier alpha value is -2.62. The Labute approximate surface area is 189 Å². The molecule has 2 aromatic rings. The molecule has 2 atom stereocenters. The first kappa shape index (κ1) is 23.7. The van der Waals surface area contributed by atoms with E-state index in [9.17, 15) is 19.5 Å². The number of hydrogen-bond donors (Lipinski definition) is 3. The zero-order valence-corrected chi connectivity index (χ0v) is 19.0. The van der Waals surface area contributed by atoms with E-state index in [0.717, 1.165) is 14.7 Å². The van der Waals surface area contributed by atoms with E-state index in [-0.39, 0.29) is 18.9 Å². The van der Waals surface area contributed by atoms with Gasteiger partial charge < -0.3 is 20.5 Å². The van der Waals surface area contributed by atoms with Crippen molar-refractivity contribution in [2.45, 2.75) is 39.0 Å². The highest BCUT2D eigenvalue weighted by Gasteiger charge is 2.29. The van der Waals surface area contributed by atoms with Crippen LogP contribution in [0.5, 0.6) is 0 Å². The molecule has 7 nitrogen and oxygen atoms in total. The van der Waals surface area contributed by atoms with Gasteiger partial charge in [0, 0.05) is 9.99 Å². The van der Waals surface area contributed by atoms with E-state index in [1.807, 2.05) is 54.6 Å². The van der Waals surface area contributed by atoms with Crippen LogP contribution in [-0.2, 0) is 27.4 Å². The topological polar surface area (TPSA) is 105 Å². The summed E-state index contributed by atoms with van der Waals surface area (Å²) in [5.74, 6) is -1.97. The van der Waals surface area contributed by atoms with Gasteiger partial charge in [0.25, 0.3) is 0 Å². The number of ether oxygens (including phenoxy) is 1. The SMILES string of the molecule is CC(C)[C@H](NC(=O)OCc1ccccc1)C(=O)N[C@H](Cc1cccc(I)c1)C(=O)O. The van der Waals surface area contributed by atoms with Gasteiger partial charge in [-0.2, -0.15) is 0 Å². The van der Waals surface area contributed by atoms with Crippen LogP contribution < -0.4 is 10.6 Å². The van der Waals surface area contributed by atoms with Crippen molar-refractivity contribution in [3.63, 3.8) is 0 Å². The van der Waals surface area contributed by atoms with Crippen molar-refractivity contribution >= 4 is 40.6 Å². The number of carboxylic acids is 1. The number of nitrogens with one attached hydrogen (secondary N) is 2. The van der Waals surface area contributed by atoms with E-state index in [4.69, 9.17) is 4.74 Å². The monoisotopic (exact) mass is 524 g/mol. The zero-order valence-electron chi connectivity index (χ0n) is 16.8. The van der Waals surface area contributed by atoms with E-state index < -0.39 is 30.1 Å². The molecule has 2 aromatic carbocycles. The van der Waals surface area contributed by atoms with Crippen LogP contribution in [0.1, 0.15) is 25.0 Å². The third-order valence-electron chi connectivity index (χ3n) is 4.38. The summed E-state index contributed by atoms with van der Waals surface area (Å²) in [4.78, 5) is 36.5. The lowest BCUT2D eigenvalue weighted by Gasteiger charge is -2.24.